The quantitative estimate of drug-likeness (QED) is 0.233. The number of aliphatic hydroxyl groups excluding tert-OH is 1. The Kier molecular flexibility index (Phi) is 11.2. The number of nitrogens with one attached hydrogen (secondary N) is 2. The maximum Gasteiger partial charge on any atom is 0.191 e. The topological polar surface area (TPSA) is 75.1 Å². The average Bonchev–Trinajstić information content (AvgIpc) is 3.24. The molecule has 8 heteroatoms. The first kappa shape index (κ1) is 26.3. The number of para-hydroxylation sites is 1. The van der Waals surface area contributed by atoms with Gasteiger partial charge in [-0.2, -0.15) is 0 Å². The predicted molar refractivity (Wildman–Crippen MR) is 136 cm³/mol. The normalized spacial score (nSPS) is 18.2. The second kappa shape index (κ2) is 13.6. The van der Waals surface area contributed by atoms with Crippen LogP contribution in [0.2, 0.25) is 0 Å². The minimum atomic E-state index is -0.380. The number of aliphatic imine (C=N–C) groups is 1. The second-order valence-corrected chi connectivity index (χ2v) is 7.83. The van der Waals surface area contributed by atoms with E-state index in [0.717, 1.165) is 31.1 Å². The second-order valence-electron chi connectivity index (χ2n) is 7.83. The van der Waals surface area contributed by atoms with Crippen LogP contribution in [0, 0.1) is 11.2 Å². The highest BCUT2D eigenvalue weighted by molar-refractivity contribution is 14.0. The van der Waals surface area contributed by atoms with Gasteiger partial charge in [0.05, 0.1) is 13.2 Å². The number of rotatable bonds is 10. The summed E-state index contributed by atoms with van der Waals surface area (Å²) < 4.78 is 25.6. The van der Waals surface area contributed by atoms with E-state index in [-0.39, 0.29) is 47.6 Å². The van der Waals surface area contributed by atoms with E-state index in [1.807, 2.05) is 31.2 Å². The molecule has 6 nitrogen and oxygen atoms in total. The number of nitrogens with zero attached hydrogens (tertiary/aromatic N) is 1. The monoisotopic (exact) mass is 557 g/mol. The molecule has 1 heterocycles. The van der Waals surface area contributed by atoms with Crippen molar-refractivity contribution in [3.8, 4) is 11.5 Å². The average molecular weight is 557 g/mol. The summed E-state index contributed by atoms with van der Waals surface area (Å²) in [5, 5.41) is 15.9. The van der Waals surface area contributed by atoms with Crippen LogP contribution in [0.15, 0.2) is 53.5 Å². The number of benzene rings is 2. The summed E-state index contributed by atoms with van der Waals surface area (Å²) in [5.41, 5.74) is 0.789. The molecule has 0 amide bonds. The minimum Gasteiger partial charge on any atom is -0.454 e. The molecule has 2 aromatic rings. The molecule has 0 bridgehead atoms. The van der Waals surface area contributed by atoms with E-state index < -0.39 is 0 Å². The van der Waals surface area contributed by atoms with Gasteiger partial charge in [-0.3, -0.25) is 4.99 Å². The zero-order valence-electron chi connectivity index (χ0n) is 18.5. The zero-order chi connectivity index (χ0) is 21.9. The van der Waals surface area contributed by atoms with Crippen molar-refractivity contribution in [2.45, 2.75) is 26.2 Å². The first-order valence-electron chi connectivity index (χ1n) is 10.9. The Morgan fingerprint density at radius 1 is 1.22 bits per heavy atom. The predicted octanol–water partition coefficient (Wildman–Crippen LogP) is 4.12. The molecule has 1 aliphatic rings. The summed E-state index contributed by atoms with van der Waals surface area (Å²) in [6.07, 6.45) is 2.25. The van der Waals surface area contributed by atoms with E-state index in [1.165, 1.54) is 6.07 Å². The fraction of sp³-hybridized carbons (Fsp3) is 0.458. The highest BCUT2D eigenvalue weighted by Crippen LogP contribution is 2.32. The van der Waals surface area contributed by atoms with Crippen LogP contribution in [0.3, 0.4) is 0 Å². The Morgan fingerprint density at radius 3 is 2.69 bits per heavy atom. The van der Waals surface area contributed by atoms with Gasteiger partial charge in [0.25, 0.3) is 0 Å². The molecule has 32 heavy (non-hydrogen) atoms. The van der Waals surface area contributed by atoms with Crippen molar-refractivity contribution in [3.05, 3.63) is 59.9 Å². The van der Waals surface area contributed by atoms with Crippen LogP contribution in [0.25, 0.3) is 0 Å². The highest BCUT2D eigenvalue weighted by Gasteiger charge is 2.34. The van der Waals surface area contributed by atoms with Crippen molar-refractivity contribution < 1.29 is 19.0 Å². The fourth-order valence-corrected chi connectivity index (χ4v) is 3.60. The molecule has 0 aliphatic carbocycles. The lowest BCUT2D eigenvalue weighted by atomic mass is 9.84. The number of hydrogen-bond acceptors (Lipinski definition) is 4. The Morgan fingerprint density at radius 2 is 2.03 bits per heavy atom. The summed E-state index contributed by atoms with van der Waals surface area (Å²) in [6.45, 7) is 5.47. The molecule has 1 aliphatic heterocycles. The Hall–Kier alpha value is -1.91. The number of hydrogen-bond donors (Lipinski definition) is 3. The van der Waals surface area contributed by atoms with Gasteiger partial charge >= 0.3 is 0 Å². The molecule has 0 spiro atoms. The third-order valence-electron chi connectivity index (χ3n) is 5.42. The van der Waals surface area contributed by atoms with Gasteiger partial charge in [0, 0.05) is 31.7 Å². The lowest BCUT2D eigenvalue weighted by molar-refractivity contribution is 0.131. The molecule has 1 unspecified atom stereocenters. The van der Waals surface area contributed by atoms with Crippen LogP contribution in [0.4, 0.5) is 4.39 Å². The van der Waals surface area contributed by atoms with E-state index in [9.17, 15) is 9.50 Å². The lowest BCUT2D eigenvalue weighted by Gasteiger charge is -2.24. The van der Waals surface area contributed by atoms with Crippen molar-refractivity contribution in [2.24, 2.45) is 10.4 Å². The van der Waals surface area contributed by atoms with Crippen molar-refractivity contribution in [1.29, 1.82) is 0 Å². The largest absolute Gasteiger partial charge is 0.454 e. The number of ether oxygens (including phenoxy) is 2. The molecule has 0 saturated carbocycles. The van der Waals surface area contributed by atoms with Crippen molar-refractivity contribution in [2.75, 3.05) is 39.5 Å². The van der Waals surface area contributed by atoms with Gasteiger partial charge in [-0.05, 0) is 56.0 Å². The van der Waals surface area contributed by atoms with Gasteiger partial charge < -0.3 is 25.2 Å². The molecular formula is C24H33FIN3O3. The third-order valence-corrected chi connectivity index (χ3v) is 5.42. The highest BCUT2D eigenvalue weighted by atomic mass is 127. The Bertz CT molecular complexity index is 846. The zero-order valence-corrected chi connectivity index (χ0v) is 20.8. The minimum absolute atomic E-state index is 0. The molecule has 1 atom stereocenters. The summed E-state index contributed by atoms with van der Waals surface area (Å²) in [7, 11) is 0. The first-order chi connectivity index (χ1) is 15.1. The molecule has 1 saturated heterocycles. The summed E-state index contributed by atoms with van der Waals surface area (Å²) >= 11 is 0. The van der Waals surface area contributed by atoms with E-state index in [4.69, 9.17) is 14.5 Å². The van der Waals surface area contributed by atoms with E-state index in [0.29, 0.717) is 38.3 Å². The molecule has 3 N–H and O–H groups in total. The first-order valence-corrected chi connectivity index (χ1v) is 10.9. The van der Waals surface area contributed by atoms with Crippen molar-refractivity contribution in [1.82, 2.24) is 10.6 Å². The van der Waals surface area contributed by atoms with Crippen LogP contribution in [0.5, 0.6) is 11.5 Å². The number of guanidine groups is 1. The maximum absolute atomic E-state index is 14.4. The van der Waals surface area contributed by atoms with Crippen LogP contribution < -0.4 is 15.4 Å². The Balaban J connectivity index is 0.00000363. The van der Waals surface area contributed by atoms with Gasteiger partial charge in [-0.15, -0.1) is 24.0 Å². The van der Waals surface area contributed by atoms with Gasteiger partial charge in [-0.25, -0.2) is 4.39 Å². The Labute approximate surface area is 206 Å². The molecule has 3 rings (SSSR count). The summed E-state index contributed by atoms with van der Waals surface area (Å²) in [4.78, 5) is 4.71. The molecule has 1 fully saturated rings. The summed E-state index contributed by atoms with van der Waals surface area (Å²) in [5.74, 6) is 1.16. The lowest BCUT2D eigenvalue weighted by Crippen LogP contribution is -2.39. The van der Waals surface area contributed by atoms with Crippen LogP contribution in [-0.4, -0.2) is 50.5 Å². The van der Waals surface area contributed by atoms with Crippen LogP contribution in [0.1, 0.15) is 25.3 Å². The molecule has 176 valence electrons. The summed E-state index contributed by atoms with van der Waals surface area (Å²) in [6, 6.07) is 14.2. The molecular weight excluding hydrogens is 524 g/mol. The van der Waals surface area contributed by atoms with Crippen molar-refractivity contribution >= 4 is 29.9 Å². The molecule has 0 aromatic heterocycles. The number of halogens is 2. The van der Waals surface area contributed by atoms with E-state index >= 15 is 0 Å². The fourth-order valence-electron chi connectivity index (χ4n) is 3.60. The smallest absolute Gasteiger partial charge is 0.191 e. The van der Waals surface area contributed by atoms with E-state index in [1.54, 1.807) is 18.2 Å². The molecule has 0 radical (unpaired) electrons. The van der Waals surface area contributed by atoms with Crippen LogP contribution >= 0.6 is 24.0 Å². The van der Waals surface area contributed by atoms with Gasteiger partial charge in [0.15, 0.2) is 17.5 Å². The van der Waals surface area contributed by atoms with Crippen LogP contribution in [-0.2, 0) is 11.2 Å². The number of aliphatic hydroxyl groups is 1. The van der Waals surface area contributed by atoms with Gasteiger partial charge in [0.1, 0.15) is 5.75 Å². The SMILES string of the molecule is CCNC(=NCC1(CCO)CCOC1)NCCc1ccc(Oc2ccccc2)c(F)c1.I. The van der Waals surface area contributed by atoms with E-state index in [2.05, 4.69) is 10.6 Å². The maximum atomic E-state index is 14.4. The standard InChI is InChI=1S/C24H32FN3O3.HI/c1-2-26-23(28-17-24(11-14-29)12-15-30-18-24)27-13-10-19-8-9-22(21(25)16-19)31-20-6-4-3-5-7-20;/h3-9,16,29H,2,10-15,17-18H2,1H3,(H2,26,27,28);1H. The van der Waals surface area contributed by atoms with Crippen molar-refractivity contribution in [3.63, 3.8) is 0 Å². The van der Waals surface area contributed by atoms with Gasteiger partial charge in [0.2, 0.25) is 0 Å². The molecule has 2 aromatic carbocycles. The third kappa shape index (κ3) is 7.90. The van der Waals surface area contributed by atoms with Gasteiger partial charge in [-0.1, -0.05) is 24.3 Å².